The lowest BCUT2D eigenvalue weighted by Gasteiger charge is -2.33. The van der Waals surface area contributed by atoms with Gasteiger partial charge in [0.25, 0.3) is 0 Å². The van der Waals surface area contributed by atoms with Gasteiger partial charge < -0.3 is 4.74 Å². The Morgan fingerprint density at radius 3 is 2.62 bits per heavy atom. The minimum atomic E-state index is -4.06. The van der Waals surface area contributed by atoms with Gasteiger partial charge in [-0.2, -0.15) is 8.78 Å². The molecule has 2 heterocycles. The van der Waals surface area contributed by atoms with Crippen molar-refractivity contribution in [1.82, 2.24) is 4.98 Å². The minimum absolute atomic E-state index is 0.0367. The van der Waals surface area contributed by atoms with Crippen LogP contribution in [0, 0.1) is 0 Å². The normalized spacial score (nSPS) is 15.8. The highest BCUT2D eigenvalue weighted by Gasteiger charge is 2.50. The molecule has 29 heavy (non-hydrogen) atoms. The molecule has 9 heteroatoms. The first kappa shape index (κ1) is 19.3. The topological polar surface area (TPSA) is 76.6 Å². The number of sulfone groups is 1. The summed E-state index contributed by atoms with van der Waals surface area (Å²) in [6.07, 6.45) is -4.06. The maximum atomic E-state index is 14.1. The molecule has 3 aromatic rings. The number of carbonyl (C=O) groups is 1. The monoisotopic (exact) mass is 418 g/mol. The van der Waals surface area contributed by atoms with Crippen LogP contribution in [-0.2, 0) is 21.2 Å². The highest BCUT2D eigenvalue weighted by Crippen LogP contribution is 2.41. The van der Waals surface area contributed by atoms with Crippen LogP contribution >= 0.6 is 0 Å². The van der Waals surface area contributed by atoms with E-state index in [1.807, 2.05) is 12.1 Å². The summed E-state index contributed by atoms with van der Waals surface area (Å²) in [5, 5.41) is 0.867. The van der Waals surface area contributed by atoms with Crippen molar-refractivity contribution in [3.05, 3.63) is 60.3 Å². The van der Waals surface area contributed by atoms with Crippen molar-refractivity contribution in [2.45, 2.75) is 24.5 Å². The van der Waals surface area contributed by atoms with Crippen LogP contribution in [0.5, 0.6) is 5.75 Å². The number of amides is 1. The molecule has 1 amide bonds. The third kappa shape index (κ3) is 3.42. The number of benzene rings is 2. The summed E-state index contributed by atoms with van der Waals surface area (Å²) in [4.78, 5) is 17.5. The molecule has 0 saturated heterocycles. The molecule has 4 rings (SSSR count). The number of anilines is 1. The van der Waals surface area contributed by atoms with Gasteiger partial charge in [-0.25, -0.2) is 8.42 Å². The van der Waals surface area contributed by atoms with Gasteiger partial charge in [-0.05, 0) is 30.3 Å². The fraction of sp³-hybridized carbons (Fsp3) is 0.200. The first-order chi connectivity index (χ1) is 13.7. The summed E-state index contributed by atoms with van der Waals surface area (Å²) in [5.41, 5.74) is 0.995. The molecule has 2 aromatic carbocycles. The largest absolute Gasteiger partial charge is 0.482 e. The van der Waals surface area contributed by atoms with Crippen molar-refractivity contribution < 1.29 is 26.7 Å². The quantitative estimate of drug-likeness (QED) is 0.648. The Balaban J connectivity index is 1.80. The minimum Gasteiger partial charge on any atom is -0.423 e. The number of rotatable bonds is 4. The molecule has 150 valence electrons. The molecule has 0 N–H and O–H groups in total. The number of hydrogen-bond acceptors (Lipinski definition) is 5. The molecule has 1 aliphatic rings. The van der Waals surface area contributed by atoms with Crippen LogP contribution in [0.1, 0.15) is 12.6 Å². The van der Waals surface area contributed by atoms with E-state index in [1.165, 1.54) is 19.1 Å². The van der Waals surface area contributed by atoms with Gasteiger partial charge in [-0.1, -0.05) is 31.2 Å². The van der Waals surface area contributed by atoms with Gasteiger partial charge in [0.1, 0.15) is 0 Å². The fourth-order valence-corrected chi connectivity index (χ4v) is 4.02. The van der Waals surface area contributed by atoms with Gasteiger partial charge in [0, 0.05) is 5.39 Å². The number of hydrogen-bond donors (Lipinski definition) is 0. The Morgan fingerprint density at radius 1 is 1.10 bits per heavy atom. The second-order valence-electron chi connectivity index (χ2n) is 6.54. The zero-order valence-corrected chi connectivity index (χ0v) is 16.1. The molecule has 0 fully saturated rings. The predicted molar refractivity (Wildman–Crippen MR) is 103 cm³/mol. The molecule has 0 bridgehead atoms. The average Bonchev–Trinajstić information content (AvgIpc) is 2.70. The van der Waals surface area contributed by atoms with E-state index in [1.54, 1.807) is 24.3 Å². The molecule has 1 aliphatic heterocycles. The van der Waals surface area contributed by atoms with E-state index in [-0.39, 0.29) is 28.6 Å². The molecular formula is C20H16F2N2O4S. The van der Waals surface area contributed by atoms with Crippen LogP contribution in [0.15, 0.2) is 59.5 Å². The van der Waals surface area contributed by atoms with Crippen molar-refractivity contribution in [3.63, 3.8) is 0 Å². The SMILES string of the molecule is CCS(=O)(=O)c1ccc2c(c1)N(Cc1ccc3ccccc3n1)C(=O)C(F)(F)O2. The number of fused-ring (bicyclic) bond motifs is 2. The van der Waals surface area contributed by atoms with E-state index >= 15 is 0 Å². The molecule has 0 spiro atoms. The molecule has 0 radical (unpaired) electrons. The zero-order chi connectivity index (χ0) is 20.8. The Bertz CT molecular complexity index is 1230. The van der Waals surface area contributed by atoms with Crippen molar-refractivity contribution in [2.75, 3.05) is 10.7 Å². The van der Waals surface area contributed by atoms with E-state index in [0.29, 0.717) is 11.2 Å². The van der Waals surface area contributed by atoms with Gasteiger partial charge in [0.2, 0.25) is 0 Å². The second-order valence-corrected chi connectivity index (χ2v) is 8.82. The van der Waals surface area contributed by atoms with Crippen molar-refractivity contribution >= 4 is 32.3 Å². The summed E-state index contributed by atoms with van der Waals surface area (Å²) >= 11 is 0. The summed E-state index contributed by atoms with van der Waals surface area (Å²) in [6.45, 7) is 1.21. The van der Waals surface area contributed by atoms with E-state index in [2.05, 4.69) is 9.72 Å². The Hall–Kier alpha value is -3.07. The van der Waals surface area contributed by atoms with Crippen LogP contribution < -0.4 is 9.64 Å². The number of ether oxygens (including phenoxy) is 1. The maximum Gasteiger partial charge on any atom is 0.482 e. The van der Waals surface area contributed by atoms with Gasteiger partial charge in [0.05, 0.1) is 34.1 Å². The van der Waals surface area contributed by atoms with E-state index in [4.69, 9.17) is 0 Å². The molecule has 0 saturated carbocycles. The Labute approximate surface area is 165 Å². The summed E-state index contributed by atoms with van der Waals surface area (Å²) in [6, 6.07) is 14.2. The van der Waals surface area contributed by atoms with Crippen LogP contribution in [0.3, 0.4) is 0 Å². The van der Waals surface area contributed by atoms with Crippen LogP contribution in [-0.4, -0.2) is 31.2 Å². The smallest absolute Gasteiger partial charge is 0.423 e. The first-order valence-corrected chi connectivity index (χ1v) is 10.5. The van der Waals surface area contributed by atoms with Gasteiger partial charge in [-0.15, -0.1) is 0 Å². The summed E-state index contributed by atoms with van der Waals surface area (Å²) < 4.78 is 57.2. The van der Waals surface area contributed by atoms with Gasteiger partial charge in [0.15, 0.2) is 15.6 Å². The average molecular weight is 418 g/mol. The van der Waals surface area contributed by atoms with Crippen molar-refractivity contribution in [1.29, 1.82) is 0 Å². The lowest BCUT2D eigenvalue weighted by Crippen LogP contribution is -2.50. The Morgan fingerprint density at radius 2 is 1.86 bits per heavy atom. The number of para-hydroxylation sites is 1. The number of alkyl halides is 2. The summed E-state index contributed by atoms with van der Waals surface area (Å²) in [5.74, 6) is -2.01. The lowest BCUT2D eigenvalue weighted by atomic mass is 10.1. The molecule has 6 nitrogen and oxygen atoms in total. The fourth-order valence-electron chi connectivity index (χ4n) is 3.12. The first-order valence-electron chi connectivity index (χ1n) is 8.81. The Kier molecular flexibility index (Phi) is 4.49. The highest BCUT2D eigenvalue weighted by molar-refractivity contribution is 7.91. The van der Waals surface area contributed by atoms with Crippen molar-refractivity contribution in [3.8, 4) is 5.75 Å². The third-order valence-electron chi connectivity index (χ3n) is 4.67. The highest BCUT2D eigenvalue weighted by atomic mass is 32.2. The molecule has 0 aliphatic carbocycles. The van der Waals surface area contributed by atoms with E-state index in [9.17, 15) is 22.0 Å². The predicted octanol–water partition coefficient (Wildman–Crippen LogP) is 3.55. The standard InChI is InChI=1S/C20H16F2N2O4S/c1-2-29(26,27)15-9-10-18-17(11-15)24(19(25)20(21,22)28-18)12-14-8-7-13-5-3-4-6-16(13)23-14/h3-11H,2,12H2,1H3. The van der Waals surface area contributed by atoms with Gasteiger partial charge >= 0.3 is 12.0 Å². The molecule has 0 unspecified atom stereocenters. The lowest BCUT2D eigenvalue weighted by molar-refractivity contribution is -0.193. The van der Waals surface area contributed by atoms with E-state index < -0.39 is 21.9 Å². The maximum absolute atomic E-state index is 14.1. The number of pyridine rings is 1. The second kappa shape index (κ2) is 6.77. The summed E-state index contributed by atoms with van der Waals surface area (Å²) in [7, 11) is -3.60. The number of halogens is 2. The molecule has 0 atom stereocenters. The van der Waals surface area contributed by atoms with Crippen LogP contribution in [0.4, 0.5) is 14.5 Å². The zero-order valence-electron chi connectivity index (χ0n) is 15.3. The molecular weight excluding hydrogens is 402 g/mol. The third-order valence-corrected chi connectivity index (χ3v) is 6.40. The van der Waals surface area contributed by atoms with E-state index in [0.717, 1.165) is 16.4 Å². The van der Waals surface area contributed by atoms with Crippen molar-refractivity contribution in [2.24, 2.45) is 0 Å². The molecule has 1 aromatic heterocycles. The number of nitrogens with zero attached hydrogens (tertiary/aromatic N) is 2. The van der Waals surface area contributed by atoms with Gasteiger partial charge in [-0.3, -0.25) is 14.7 Å². The number of carbonyl (C=O) groups excluding carboxylic acids is 1. The number of aromatic nitrogens is 1. The van der Waals surface area contributed by atoms with Crippen LogP contribution in [0.25, 0.3) is 10.9 Å². The van der Waals surface area contributed by atoms with Crippen LogP contribution in [0.2, 0.25) is 0 Å².